The monoisotopic (exact) mass is 597 g/mol. The highest BCUT2D eigenvalue weighted by molar-refractivity contribution is 5.91. The lowest BCUT2D eigenvalue weighted by atomic mass is 9.58. The number of ketones is 1. The summed E-state index contributed by atoms with van der Waals surface area (Å²) in [5.74, 6) is 2.74. The summed E-state index contributed by atoms with van der Waals surface area (Å²) in [6.07, 6.45) is 17.8. The Morgan fingerprint density at radius 3 is 2.56 bits per heavy atom. The van der Waals surface area contributed by atoms with Crippen LogP contribution in [-0.2, 0) is 9.63 Å². The first-order chi connectivity index (χ1) is 20.4. The van der Waals surface area contributed by atoms with E-state index >= 15 is 0 Å². The van der Waals surface area contributed by atoms with Crippen LogP contribution >= 0.6 is 0 Å². The van der Waals surface area contributed by atoms with E-state index in [2.05, 4.69) is 52.4 Å². The Balaban J connectivity index is 1.27. The van der Waals surface area contributed by atoms with E-state index < -0.39 is 0 Å². The standard InChI is InChI=1S/C36H61N4O3/c1-26(38-43-34(42)39(23-24-40(4,5)6)22-18-28-12-7-8-21-37-28)31-15-16-33-30-13-9-11-27-25-29(41)17-20-35(27,2)32(30)14-10-19-36(31,33)3/h25,28,30-33,37H,7-24H2,1-6H3/q+1/b38-26+/t28?,30-,31-,32+,33+,35+,36-/m1/s1. The summed E-state index contributed by atoms with van der Waals surface area (Å²) in [6.45, 7) is 10.5. The Hall–Kier alpha value is -1.73. The highest BCUT2D eigenvalue weighted by atomic mass is 16.7. The Morgan fingerprint density at radius 2 is 1.81 bits per heavy atom. The molecule has 0 radical (unpaired) electrons. The van der Waals surface area contributed by atoms with Crippen molar-refractivity contribution in [1.82, 2.24) is 10.2 Å². The molecule has 0 bridgehead atoms. The number of fused-ring (bicyclic) bond motifs is 5. The van der Waals surface area contributed by atoms with Gasteiger partial charge in [0.2, 0.25) is 0 Å². The van der Waals surface area contributed by atoms with E-state index in [9.17, 15) is 9.59 Å². The minimum atomic E-state index is -0.299. The van der Waals surface area contributed by atoms with Gasteiger partial charge in [-0.2, -0.15) is 0 Å². The van der Waals surface area contributed by atoms with Crippen LogP contribution in [0.4, 0.5) is 4.79 Å². The second-order valence-electron chi connectivity index (χ2n) is 16.4. The van der Waals surface area contributed by atoms with Crippen molar-refractivity contribution in [3.8, 4) is 0 Å². The van der Waals surface area contributed by atoms with Crippen LogP contribution in [0.2, 0.25) is 0 Å². The zero-order valence-electron chi connectivity index (χ0n) is 28.3. The SMILES string of the molecule is C/C(=N\OC(=O)N(CCC1CCCCN1)CC[N+](C)(C)C)[C@H]1CC[C@H]2[C@@H]3CCCC4=CC(=O)CC[C@]4(C)[C@H]3CCC[C@]12C. The van der Waals surface area contributed by atoms with E-state index in [1.54, 1.807) is 0 Å². The van der Waals surface area contributed by atoms with Gasteiger partial charge in [0.05, 0.1) is 39.9 Å². The van der Waals surface area contributed by atoms with Crippen LogP contribution in [-0.4, -0.2) is 80.3 Å². The van der Waals surface area contributed by atoms with E-state index in [-0.39, 0.29) is 16.9 Å². The number of carbonyl (C=O) groups excluding carboxylic acids is 2. The molecule has 1 unspecified atom stereocenters. The Kier molecular flexibility index (Phi) is 10.1. The second kappa shape index (κ2) is 13.3. The molecule has 1 saturated heterocycles. The van der Waals surface area contributed by atoms with Gasteiger partial charge in [-0.25, -0.2) is 4.79 Å². The smallest absolute Gasteiger partial charge is 0.329 e. The zero-order chi connectivity index (χ0) is 30.8. The molecule has 1 heterocycles. The van der Waals surface area contributed by atoms with E-state index in [0.29, 0.717) is 55.0 Å². The Morgan fingerprint density at radius 1 is 1.00 bits per heavy atom. The summed E-state index contributed by atoms with van der Waals surface area (Å²) in [5, 5.41) is 8.22. The highest BCUT2D eigenvalue weighted by Crippen LogP contribution is 2.64. The molecule has 7 atom stereocenters. The van der Waals surface area contributed by atoms with Crippen LogP contribution < -0.4 is 5.32 Å². The van der Waals surface area contributed by atoms with Gasteiger partial charge < -0.3 is 14.7 Å². The van der Waals surface area contributed by atoms with Crippen molar-refractivity contribution in [2.24, 2.45) is 39.7 Å². The number of oxime groups is 1. The lowest BCUT2D eigenvalue weighted by molar-refractivity contribution is -0.869. The maximum atomic E-state index is 13.4. The minimum Gasteiger partial charge on any atom is -0.329 e. The fourth-order valence-electron chi connectivity index (χ4n) is 10.1. The van der Waals surface area contributed by atoms with Crippen molar-refractivity contribution in [2.45, 2.75) is 117 Å². The van der Waals surface area contributed by atoms with Crippen LogP contribution in [0.15, 0.2) is 16.8 Å². The maximum Gasteiger partial charge on any atom is 0.436 e. The number of nitrogens with one attached hydrogen (secondary N) is 1. The summed E-state index contributed by atoms with van der Waals surface area (Å²) < 4.78 is 0.810. The molecule has 1 N–H and O–H groups in total. The molecule has 0 aromatic rings. The molecule has 3 saturated carbocycles. The molecule has 4 fully saturated rings. The molecule has 7 heteroatoms. The number of allylic oxidation sites excluding steroid dienone is 2. The van der Waals surface area contributed by atoms with Gasteiger partial charge in [-0.1, -0.05) is 37.4 Å². The molecule has 242 valence electrons. The quantitative estimate of drug-likeness (QED) is 0.142. The number of amides is 1. The second-order valence-corrected chi connectivity index (χ2v) is 16.4. The van der Waals surface area contributed by atoms with E-state index in [1.165, 1.54) is 63.4 Å². The maximum absolute atomic E-state index is 13.4. The fraction of sp³-hybridized carbons (Fsp3) is 0.861. The summed E-state index contributed by atoms with van der Waals surface area (Å²) in [4.78, 5) is 33.4. The van der Waals surface area contributed by atoms with Gasteiger partial charge in [-0.05, 0) is 119 Å². The van der Waals surface area contributed by atoms with Crippen LogP contribution in [0.5, 0.6) is 0 Å². The largest absolute Gasteiger partial charge is 0.436 e. The number of likely N-dealkylation sites (N-methyl/N-ethyl adjacent to an activating group) is 1. The average Bonchev–Trinajstić information content (AvgIpc) is 3.14. The van der Waals surface area contributed by atoms with Gasteiger partial charge in [0.15, 0.2) is 5.78 Å². The molecule has 5 aliphatic rings. The van der Waals surface area contributed by atoms with Crippen molar-refractivity contribution >= 4 is 17.6 Å². The van der Waals surface area contributed by atoms with Crippen LogP contribution in [0.3, 0.4) is 0 Å². The Bertz CT molecular complexity index is 1070. The molecule has 4 aliphatic carbocycles. The first-order valence-corrected chi connectivity index (χ1v) is 17.7. The van der Waals surface area contributed by atoms with Gasteiger partial charge in [0.1, 0.15) is 0 Å². The lowest BCUT2D eigenvalue weighted by Crippen LogP contribution is -2.45. The van der Waals surface area contributed by atoms with Crippen molar-refractivity contribution < 1.29 is 18.9 Å². The molecular weight excluding hydrogens is 536 g/mol. The molecule has 0 aromatic carbocycles. The first-order valence-electron chi connectivity index (χ1n) is 17.7. The Labute approximate surface area is 261 Å². The van der Waals surface area contributed by atoms with Crippen molar-refractivity contribution in [1.29, 1.82) is 0 Å². The fourth-order valence-corrected chi connectivity index (χ4v) is 10.1. The van der Waals surface area contributed by atoms with Gasteiger partial charge in [0, 0.05) is 24.9 Å². The summed E-state index contributed by atoms with van der Waals surface area (Å²) in [6, 6.07) is 0.486. The summed E-state index contributed by atoms with van der Waals surface area (Å²) in [7, 11) is 6.51. The number of nitrogens with zero attached hydrogens (tertiary/aromatic N) is 3. The average molecular weight is 598 g/mol. The van der Waals surface area contributed by atoms with Crippen molar-refractivity contribution in [3.63, 3.8) is 0 Å². The number of rotatable bonds is 8. The minimum absolute atomic E-state index is 0.180. The zero-order valence-corrected chi connectivity index (χ0v) is 28.3. The van der Waals surface area contributed by atoms with Gasteiger partial charge in [-0.15, -0.1) is 0 Å². The highest BCUT2D eigenvalue weighted by Gasteiger charge is 2.56. The van der Waals surface area contributed by atoms with Crippen LogP contribution in [0, 0.1) is 34.5 Å². The van der Waals surface area contributed by atoms with E-state index in [4.69, 9.17) is 4.84 Å². The number of hydrogen-bond donors (Lipinski definition) is 1. The third kappa shape index (κ3) is 7.24. The normalized spacial score (nSPS) is 36.9. The van der Waals surface area contributed by atoms with Crippen molar-refractivity contribution in [2.75, 3.05) is 47.3 Å². The third-order valence-electron chi connectivity index (χ3n) is 12.7. The first kappa shape index (κ1) is 32.7. The number of hydrogen-bond acceptors (Lipinski definition) is 5. The lowest BCUT2D eigenvalue weighted by Gasteiger charge is -2.46. The van der Waals surface area contributed by atoms with Gasteiger partial charge in [0.25, 0.3) is 0 Å². The topological polar surface area (TPSA) is 71.0 Å². The van der Waals surface area contributed by atoms with Crippen LogP contribution in [0.25, 0.3) is 0 Å². The molecule has 5 rings (SSSR count). The molecule has 43 heavy (non-hydrogen) atoms. The molecule has 0 spiro atoms. The summed E-state index contributed by atoms with van der Waals surface area (Å²) in [5.41, 5.74) is 2.82. The predicted octanol–water partition coefficient (Wildman–Crippen LogP) is 6.97. The molecule has 1 amide bonds. The van der Waals surface area contributed by atoms with E-state index in [1.807, 2.05) is 11.0 Å². The number of piperidine rings is 1. The summed E-state index contributed by atoms with van der Waals surface area (Å²) >= 11 is 0. The number of carbonyl (C=O) groups is 2. The molecule has 0 aromatic heterocycles. The predicted molar refractivity (Wildman–Crippen MR) is 174 cm³/mol. The third-order valence-corrected chi connectivity index (χ3v) is 12.7. The number of quaternary nitrogens is 1. The van der Waals surface area contributed by atoms with Gasteiger partial charge >= 0.3 is 6.09 Å². The molecular formula is C36H61N4O3+. The van der Waals surface area contributed by atoms with E-state index in [0.717, 1.165) is 49.0 Å². The molecule has 1 aliphatic heterocycles. The molecule has 7 nitrogen and oxygen atoms in total. The van der Waals surface area contributed by atoms with Crippen LogP contribution in [0.1, 0.15) is 111 Å². The van der Waals surface area contributed by atoms with Crippen molar-refractivity contribution in [3.05, 3.63) is 11.6 Å². The van der Waals surface area contributed by atoms with Gasteiger partial charge in [-0.3, -0.25) is 9.63 Å².